The largest absolute Gasteiger partial charge is 0.497 e. The van der Waals surface area contributed by atoms with E-state index >= 15 is 0 Å². The summed E-state index contributed by atoms with van der Waals surface area (Å²) in [6, 6.07) is 22.7. The van der Waals surface area contributed by atoms with E-state index in [-0.39, 0.29) is 5.78 Å². The topological polar surface area (TPSA) is 44.8 Å². The molecule has 0 bridgehead atoms. The second-order valence-electron chi connectivity index (χ2n) is 6.44. The number of ether oxygens (including phenoxy) is 3. The zero-order valence-electron chi connectivity index (χ0n) is 16.3. The van der Waals surface area contributed by atoms with E-state index < -0.39 is 5.92 Å². The maximum Gasteiger partial charge on any atom is 0.170 e. The third-order valence-corrected chi connectivity index (χ3v) is 4.79. The van der Waals surface area contributed by atoms with Crippen LogP contribution in [0.3, 0.4) is 0 Å². The van der Waals surface area contributed by atoms with Gasteiger partial charge in [0.25, 0.3) is 0 Å². The lowest BCUT2D eigenvalue weighted by Gasteiger charge is -2.20. The minimum absolute atomic E-state index is 0.0260. The standard InChI is InChI=1S/C24H24O4/c1-26-19-11-9-18(10-12-19)24(25)22(15-17-7-5-4-6-8-17)21-16-20(27-2)13-14-23(21)28-3/h4-14,16,22H,15H2,1-3H3. The van der Waals surface area contributed by atoms with Crippen molar-refractivity contribution in [3.63, 3.8) is 0 Å². The molecule has 0 N–H and O–H groups in total. The molecule has 0 aliphatic heterocycles. The van der Waals surface area contributed by atoms with Crippen LogP contribution in [0.5, 0.6) is 17.2 Å². The van der Waals surface area contributed by atoms with Crippen molar-refractivity contribution in [2.24, 2.45) is 0 Å². The van der Waals surface area contributed by atoms with Gasteiger partial charge in [-0.2, -0.15) is 0 Å². The molecule has 0 saturated heterocycles. The molecule has 1 atom stereocenters. The molecule has 3 aromatic carbocycles. The van der Waals surface area contributed by atoms with E-state index in [1.54, 1.807) is 45.6 Å². The van der Waals surface area contributed by atoms with E-state index in [9.17, 15) is 4.79 Å². The van der Waals surface area contributed by atoms with Gasteiger partial charge in [-0.3, -0.25) is 4.79 Å². The summed E-state index contributed by atoms with van der Waals surface area (Å²) in [6.07, 6.45) is 0.565. The fraction of sp³-hybridized carbons (Fsp3) is 0.208. The number of methoxy groups -OCH3 is 3. The molecule has 28 heavy (non-hydrogen) atoms. The molecule has 0 radical (unpaired) electrons. The molecule has 0 spiro atoms. The van der Waals surface area contributed by atoms with Gasteiger partial charge in [0.1, 0.15) is 17.2 Å². The molecule has 0 fully saturated rings. The highest BCUT2D eigenvalue weighted by Gasteiger charge is 2.26. The SMILES string of the molecule is COc1ccc(C(=O)C(Cc2ccccc2)c2cc(OC)ccc2OC)cc1. The number of carbonyl (C=O) groups excluding carboxylic acids is 1. The summed E-state index contributed by atoms with van der Waals surface area (Å²) in [7, 11) is 4.84. The molecule has 0 aliphatic rings. The Labute approximate surface area is 165 Å². The molecule has 0 aromatic heterocycles. The van der Waals surface area contributed by atoms with E-state index in [0.29, 0.717) is 23.5 Å². The maximum atomic E-state index is 13.5. The van der Waals surface area contributed by atoms with Gasteiger partial charge >= 0.3 is 0 Å². The molecule has 4 heteroatoms. The van der Waals surface area contributed by atoms with Gasteiger partial charge in [-0.15, -0.1) is 0 Å². The number of benzene rings is 3. The zero-order valence-corrected chi connectivity index (χ0v) is 16.3. The van der Waals surface area contributed by atoms with E-state index in [1.807, 2.05) is 48.5 Å². The number of rotatable bonds is 8. The number of ketones is 1. The zero-order chi connectivity index (χ0) is 19.9. The van der Waals surface area contributed by atoms with Crippen LogP contribution in [-0.2, 0) is 6.42 Å². The monoisotopic (exact) mass is 376 g/mol. The molecule has 4 nitrogen and oxygen atoms in total. The molecule has 3 aromatic rings. The quantitative estimate of drug-likeness (QED) is 0.524. The first-order valence-corrected chi connectivity index (χ1v) is 9.10. The highest BCUT2D eigenvalue weighted by molar-refractivity contribution is 6.01. The first kappa shape index (κ1) is 19.5. The molecule has 3 rings (SSSR count). The highest BCUT2D eigenvalue weighted by Crippen LogP contribution is 2.35. The van der Waals surface area contributed by atoms with Crippen LogP contribution in [0.4, 0.5) is 0 Å². The van der Waals surface area contributed by atoms with Gasteiger partial charge in [-0.05, 0) is 54.4 Å². The highest BCUT2D eigenvalue weighted by atomic mass is 16.5. The number of carbonyl (C=O) groups is 1. The predicted molar refractivity (Wildman–Crippen MR) is 110 cm³/mol. The summed E-state index contributed by atoms with van der Waals surface area (Å²) < 4.78 is 16.2. The lowest BCUT2D eigenvalue weighted by molar-refractivity contribution is 0.0957. The third kappa shape index (κ3) is 4.34. The molecule has 0 heterocycles. The van der Waals surface area contributed by atoms with E-state index in [4.69, 9.17) is 14.2 Å². The summed E-state index contributed by atoms with van der Waals surface area (Å²) >= 11 is 0. The van der Waals surface area contributed by atoms with Crippen LogP contribution in [0.25, 0.3) is 0 Å². The Morgan fingerprint density at radius 2 is 1.43 bits per heavy atom. The Kier molecular flexibility index (Phi) is 6.33. The summed E-state index contributed by atoms with van der Waals surface area (Å²) in [4.78, 5) is 13.5. The smallest absolute Gasteiger partial charge is 0.170 e. The fourth-order valence-electron chi connectivity index (χ4n) is 3.26. The minimum atomic E-state index is -0.402. The number of Topliss-reactive ketones (excluding diaryl/α,β-unsaturated/α-hetero) is 1. The van der Waals surface area contributed by atoms with Gasteiger partial charge in [0.05, 0.1) is 27.2 Å². The molecule has 144 valence electrons. The van der Waals surface area contributed by atoms with Crippen molar-refractivity contribution in [1.29, 1.82) is 0 Å². The van der Waals surface area contributed by atoms with Crippen molar-refractivity contribution in [3.05, 3.63) is 89.5 Å². The van der Waals surface area contributed by atoms with Crippen LogP contribution < -0.4 is 14.2 Å². The second kappa shape index (κ2) is 9.09. The van der Waals surface area contributed by atoms with E-state index in [2.05, 4.69) is 0 Å². The molecule has 0 aliphatic carbocycles. The van der Waals surface area contributed by atoms with Gasteiger partial charge in [0.2, 0.25) is 0 Å². The van der Waals surface area contributed by atoms with E-state index in [0.717, 1.165) is 16.9 Å². The van der Waals surface area contributed by atoms with Crippen LogP contribution in [0.1, 0.15) is 27.4 Å². The lowest BCUT2D eigenvalue weighted by atomic mass is 9.85. The Morgan fingerprint density at radius 1 is 0.786 bits per heavy atom. The molecular weight excluding hydrogens is 352 g/mol. The average Bonchev–Trinajstić information content (AvgIpc) is 2.77. The van der Waals surface area contributed by atoms with Gasteiger partial charge in [-0.25, -0.2) is 0 Å². The second-order valence-corrected chi connectivity index (χ2v) is 6.44. The van der Waals surface area contributed by atoms with Gasteiger partial charge < -0.3 is 14.2 Å². The van der Waals surface area contributed by atoms with Crippen LogP contribution in [-0.4, -0.2) is 27.1 Å². The third-order valence-electron chi connectivity index (χ3n) is 4.79. The summed E-state index contributed by atoms with van der Waals surface area (Å²) in [5.41, 5.74) is 2.53. The van der Waals surface area contributed by atoms with Crippen molar-refractivity contribution in [2.75, 3.05) is 21.3 Å². The maximum absolute atomic E-state index is 13.5. The van der Waals surface area contributed by atoms with Crippen molar-refractivity contribution in [2.45, 2.75) is 12.3 Å². The molecule has 1 unspecified atom stereocenters. The van der Waals surface area contributed by atoms with Gasteiger partial charge in [-0.1, -0.05) is 30.3 Å². The van der Waals surface area contributed by atoms with Crippen LogP contribution in [0.2, 0.25) is 0 Å². The molecule has 0 saturated carbocycles. The Balaban J connectivity index is 2.05. The van der Waals surface area contributed by atoms with Crippen LogP contribution in [0, 0.1) is 0 Å². The fourth-order valence-corrected chi connectivity index (χ4v) is 3.26. The Bertz CT molecular complexity index is 917. The van der Waals surface area contributed by atoms with Crippen molar-refractivity contribution >= 4 is 5.78 Å². The van der Waals surface area contributed by atoms with Crippen molar-refractivity contribution < 1.29 is 19.0 Å². The normalized spacial score (nSPS) is 11.5. The average molecular weight is 376 g/mol. The molecular formula is C24H24O4. The predicted octanol–water partition coefficient (Wildman–Crippen LogP) is 4.92. The number of hydrogen-bond donors (Lipinski definition) is 0. The summed E-state index contributed by atoms with van der Waals surface area (Å²) in [5.74, 6) is 1.70. The Hall–Kier alpha value is -3.27. The first-order valence-electron chi connectivity index (χ1n) is 9.10. The van der Waals surface area contributed by atoms with E-state index in [1.165, 1.54) is 0 Å². The van der Waals surface area contributed by atoms with Gasteiger partial charge in [0, 0.05) is 11.1 Å². The van der Waals surface area contributed by atoms with Crippen molar-refractivity contribution in [3.8, 4) is 17.2 Å². The van der Waals surface area contributed by atoms with Crippen molar-refractivity contribution in [1.82, 2.24) is 0 Å². The minimum Gasteiger partial charge on any atom is -0.497 e. The Morgan fingerprint density at radius 3 is 2.04 bits per heavy atom. The number of hydrogen-bond acceptors (Lipinski definition) is 4. The summed E-state index contributed by atoms with van der Waals surface area (Å²) in [6.45, 7) is 0. The van der Waals surface area contributed by atoms with Gasteiger partial charge in [0.15, 0.2) is 5.78 Å². The van der Waals surface area contributed by atoms with Crippen LogP contribution >= 0.6 is 0 Å². The lowest BCUT2D eigenvalue weighted by Crippen LogP contribution is -2.17. The molecule has 0 amide bonds. The first-order chi connectivity index (χ1) is 13.7. The summed E-state index contributed by atoms with van der Waals surface area (Å²) in [5, 5.41) is 0. The van der Waals surface area contributed by atoms with Crippen LogP contribution in [0.15, 0.2) is 72.8 Å².